The third-order valence-corrected chi connectivity index (χ3v) is 3.73. The normalized spacial score (nSPS) is 21.8. The highest BCUT2D eigenvalue weighted by Gasteiger charge is 2.25. The molecule has 0 amide bonds. The highest BCUT2D eigenvalue weighted by Crippen LogP contribution is 2.29. The van der Waals surface area contributed by atoms with E-state index in [1.807, 2.05) is 0 Å². The van der Waals surface area contributed by atoms with Gasteiger partial charge in [0, 0.05) is 13.1 Å². The van der Waals surface area contributed by atoms with Gasteiger partial charge in [0.2, 0.25) is 0 Å². The first-order chi connectivity index (χ1) is 8.07. The lowest BCUT2D eigenvalue weighted by atomic mass is 9.82. The van der Waals surface area contributed by atoms with Crippen LogP contribution in [0.3, 0.4) is 0 Å². The van der Waals surface area contributed by atoms with Gasteiger partial charge >= 0.3 is 0 Å². The van der Waals surface area contributed by atoms with E-state index in [0.717, 1.165) is 26.1 Å². The van der Waals surface area contributed by atoms with Crippen LogP contribution < -0.4 is 5.32 Å². The maximum Gasteiger partial charge on any atom is 0.0205 e. The van der Waals surface area contributed by atoms with Crippen LogP contribution in [-0.2, 0) is 0 Å². The summed E-state index contributed by atoms with van der Waals surface area (Å²) in [6.07, 6.45) is 6.23. The molecule has 0 aliphatic carbocycles. The molecule has 1 aliphatic rings. The summed E-state index contributed by atoms with van der Waals surface area (Å²) in [5.74, 6) is 0. The van der Waals surface area contributed by atoms with Gasteiger partial charge in [-0.25, -0.2) is 0 Å². The molecule has 1 rings (SSSR count). The smallest absolute Gasteiger partial charge is 0.0205 e. The minimum absolute atomic E-state index is 0.562. The number of nitrogens with one attached hydrogen (secondary N) is 1. The fraction of sp³-hybridized carbons (Fsp3) is 0.867. The molecule has 1 saturated heterocycles. The number of piperidine rings is 1. The van der Waals surface area contributed by atoms with Crippen molar-refractivity contribution in [2.45, 2.75) is 47.0 Å². The Morgan fingerprint density at radius 1 is 1.24 bits per heavy atom. The van der Waals surface area contributed by atoms with Crippen molar-refractivity contribution in [3.8, 4) is 0 Å². The molecule has 0 aromatic carbocycles. The number of allylic oxidation sites excluding steroid dienone is 1. The summed E-state index contributed by atoms with van der Waals surface area (Å²) in [5, 5.41) is 3.44. The second-order valence-electron chi connectivity index (χ2n) is 5.99. The van der Waals surface area contributed by atoms with Crippen molar-refractivity contribution in [2.24, 2.45) is 5.41 Å². The Hall–Kier alpha value is -0.340. The van der Waals surface area contributed by atoms with E-state index in [0.29, 0.717) is 5.41 Å². The molecule has 0 atom stereocenters. The van der Waals surface area contributed by atoms with Crippen LogP contribution in [0.4, 0.5) is 0 Å². The van der Waals surface area contributed by atoms with Crippen LogP contribution in [0, 0.1) is 5.41 Å². The Kier molecular flexibility index (Phi) is 6.21. The number of hydrogen-bond donors (Lipinski definition) is 1. The number of nitrogens with zero attached hydrogens (tertiary/aromatic N) is 1. The summed E-state index contributed by atoms with van der Waals surface area (Å²) in [6.45, 7) is 15.0. The zero-order valence-corrected chi connectivity index (χ0v) is 12.2. The average Bonchev–Trinajstić information content (AvgIpc) is 2.29. The predicted molar refractivity (Wildman–Crippen MR) is 76.4 cm³/mol. The van der Waals surface area contributed by atoms with Gasteiger partial charge in [0.15, 0.2) is 0 Å². The van der Waals surface area contributed by atoms with Gasteiger partial charge in [0.05, 0.1) is 0 Å². The van der Waals surface area contributed by atoms with Gasteiger partial charge in [-0.05, 0) is 49.9 Å². The van der Waals surface area contributed by atoms with E-state index in [1.165, 1.54) is 25.9 Å². The topological polar surface area (TPSA) is 15.3 Å². The molecule has 1 fully saturated rings. The number of likely N-dealkylation sites (N-methyl/N-ethyl adjacent to an activating group) is 1. The lowest BCUT2D eigenvalue weighted by Gasteiger charge is -2.37. The molecule has 0 saturated carbocycles. The molecule has 0 aromatic heterocycles. The van der Waals surface area contributed by atoms with Crippen molar-refractivity contribution in [3.05, 3.63) is 11.6 Å². The second kappa shape index (κ2) is 7.17. The second-order valence-corrected chi connectivity index (χ2v) is 5.99. The van der Waals surface area contributed by atoms with Gasteiger partial charge in [0.1, 0.15) is 0 Å². The third kappa shape index (κ3) is 5.69. The van der Waals surface area contributed by atoms with Crippen LogP contribution in [0.25, 0.3) is 0 Å². The lowest BCUT2D eigenvalue weighted by Crippen LogP contribution is -2.39. The number of likely N-dealkylation sites (tertiary alicyclic amines) is 1. The fourth-order valence-corrected chi connectivity index (χ4v) is 2.37. The quantitative estimate of drug-likeness (QED) is 0.716. The first kappa shape index (κ1) is 14.7. The van der Waals surface area contributed by atoms with Gasteiger partial charge in [-0.1, -0.05) is 33.8 Å². The van der Waals surface area contributed by atoms with Crippen molar-refractivity contribution in [2.75, 3.05) is 32.7 Å². The summed E-state index contributed by atoms with van der Waals surface area (Å²) in [7, 11) is 0. The van der Waals surface area contributed by atoms with Crippen molar-refractivity contribution in [1.29, 1.82) is 0 Å². The standard InChI is InChI=1S/C15H30N2/c1-5-7-14(12-16-6-2)13-17-10-8-15(3,4)9-11-17/h7,16H,5-6,8-13H2,1-4H3/b14-7+. The van der Waals surface area contributed by atoms with Crippen LogP contribution in [0.1, 0.15) is 47.0 Å². The molecule has 100 valence electrons. The molecule has 0 spiro atoms. The summed E-state index contributed by atoms with van der Waals surface area (Å²) in [5.41, 5.74) is 2.13. The summed E-state index contributed by atoms with van der Waals surface area (Å²) < 4.78 is 0. The Morgan fingerprint density at radius 2 is 1.88 bits per heavy atom. The molecular weight excluding hydrogens is 208 g/mol. The fourth-order valence-electron chi connectivity index (χ4n) is 2.37. The van der Waals surface area contributed by atoms with E-state index < -0.39 is 0 Å². The molecular formula is C15H30N2. The molecule has 1 aliphatic heterocycles. The Bertz CT molecular complexity index is 233. The van der Waals surface area contributed by atoms with Gasteiger partial charge in [0.25, 0.3) is 0 Å². The van der Waals surface area contributed by atoms with Gasteiger partial charge in [-0.3, -0.25) is 4.90 Å². The first-order valence-corrected chi connectivity index (χ1v) is 7.18. The highest BCUT2D eigenvalue weighted by molar-refractivity contribution is 5.07. The maximum atomic E-state index is 3.44. The Morgan fingerprint density at radius 3 is 2.41 bits per heavy atom. The van der Waals surface area contributed by atoms with Gasteiger partial charge in [-0.2, -0.15) is 0 Å². The monoisotopic (exact) mass is 238 g/mol. The zero-order valence-electron chi connectivity index (χ0n) is 12.2. The average molecular weight is 238 g/mol. The van der Waals surface area contributed by atoms with E-state index in [-0.39, 0.29) is 0 Å². The molecule has 0 radical (unpaired) electrons. The van der Waals surface area contributed by atoms with Crippen molar-refractivity contribution < 1.29 is 0 Å². The van der Waals surface area contributed by atoms with Crippen LogP contribution >= 0.6 is 0 Å². The Balaban J connectivity index is 2.38. The lowest BCUT2D eigenvalue weighted by molar-refractivity contribution is 0.141. The van der Waals surface area contributed by atoms with Gasteiger partial charge in [-0.15, -0.1) is 0 Å². The van der Waals surface area contributed by atoms with Crippen molar-refractivity contribution in [3.63, 3.8) is 0 Å². The van der Waals surface area contributed by atoms with E-state index in [1.54, 1.807) is 5.57 Å². The van der Waals surface area contributed by atoms with E-state index in [2.05, 4.69) is 44.0 Å². The van der Waals surface area contributed by atoms with Crippen molar-refractivity contribution >= 4 is 0 Å². The van der Waals surface area contributed by atoms with Crippen molar-refractivity contribution in [1.82, 2.24) is 10.2 Å². The molecule has 1 heterocycles. The van der Waals surface area contributed by atoms with E-state index in [4.69, 9.17) is 0 Å². The highest BCUT2D eigenvalue weighted by atomic mass is 15.1. The van der Waals surface area contributed by atoms with Crippen LogP contribution in [0.2, 0.25) is 0 Å². The number of hydrogen-bond acceptors (Lipinski definition) is 2. The summed E-state index contributed by atoms with van der Waals surface area (Å²) in [6, 6.07) is 0. The summed E-state index contributed by atoms with van der Waals surface area (Å²) >= 11 is 0. The minimum Gasteiger partial charge on any atom is -0.313 e. The van der Waals surface area contributed by atoms with E-state index in [9.17, 15) is 0 Å². The van der Waals surface area contributed by atoms with Crippen LogP contribution in [0.15, 0.2) is 11.6 Å². The minimum atomic E-state index is 0.562. The van der Waals surface area contributed by atoms with Gasteiger partial charge < -0.3 is 5.32 Å². The summed E-state index contributed by atoms with van der Waals surface area (Å²) in [4.78, 5) is 2.62. The molecule has 17 heavy (non-hydrogen) atoms. The third-order valence-electron chi connectivity index (χ3n) is 3.73. The zero-order chi connectivity index (χ0) is 12.7. The number of rotatable bonds is 6. The molecule has 2 nitrogen and oxygen atoms in total. The molecule has 0 unspecified atom stereocenters. The van der Waals surface area contributed by atoms with Crippen LogP contribution in [0.5, 0.6) is 0 Å². The molecule has 1 N–H and O–H groups in total. The first-order valence-electron chi connectivity index (χ1n) is 7.18. The van der Waals surface area contributed by atoms with E-state index >= 15 is 0 Å². The van der Waals surface area contributed by atoms with Crippen LogP contribution in [-0.4, -0.2) is 37.6 Å². The molecule has 0 aromatic rings. The SMILES string of the molecule is CC/C=C(\CNCC)CN1CCC(C)(C)CC1. The Labute approximate surface area is 107 Å². The predicted octanol–water partition coefficient (Wildman–Crippen LogP) is 3.05. The maximum absolute atomic E-state index is 3.44. The largest absolute Gasteiger partial charge is 0.313 e. The molecule has 2 heteroatoms. The molecule has 0 bridgehead atoms.